The maximum absolute atomic E-state index is 12.2. The van der Waals surface area contributed by atoms with E-state index in [0.29, 0.717) is 22.9 Å². The highest BCUT2D eigenvalue weighted by molar-refractivity contribution is 6.34. The van der Waals surface area contributed by atoms with E-state index in [1.54, 1.807) is 42.5 Å². The van der Waals surface area contributed by atoms with Crippen LogP contribution in [0.4, 0.5) is 5.69 Å². The van der Waals surface area contributed by atoms with Crippen LogP contribution in [0.15, 0.2) is 55.1 Å². The van der Waals surface area contributed by atoms with Crippen molar-refractivity contribution in [3.05, 3.63) is 71.3 Å². The molecule has 0 saturated carbocycles. The summed E-state index contributed by atoms with van der Waals surface area (Å²) < 4.78 is 5.38. The molecule has 3 nitrogen and oxygen atoms in total. The van der Waals surface area contributed by atoms with Gasteiger partial charge >= 0.3 is 0 Å². The molecule has 0 fully saturated rings. The van der Waals surface area contributed by atoms with Gasteiger partial charge in [-0.25, -0.2) is 0 Å². The van der Waals surface area contributed by atoms with Gasteiger partial charge in [0.25, 0.3) is 5.91 Å². The Balaban J connectivity index is 2.07. The van der Waals surface area contributed by atoms with E-state index < -0.39 is 0 Å². The lowest BCUT2D eigenvalue weighted by Crippen LogP contribution is -2.12. The van der Waals surface area contributed by atoms with Crippen molar-refractivity contribution in [2.45, 2.75) is 6.92 Å². The molecule has 0 aliphatic carbocycles. The normalized spacial score (nSPS) is 10.0. The van der Waals surface area contributed by atoms with E-state index in [1.165, 1.54) is 0 Å². The predicted molar refractivity (Wildman–Crippen MR) is 86.3 cm³/mol. The zero-order valence-electron chi connectivity index (χ0n) is 11.7. The van der Waals surface area contributed by atoms with Crippen molar-refractivity contribution >= 4 is 23.2 Å². The third kappa shape index (κ3) is 4.10. The zero-order chi connectivity index (χ0) is 15.2. The first-order valence-electron chi connectivity index (χ1n) is 6.51. The molecule has 2 aromatic carbocycles. The number of carbonyl (C=O) groups is 1. The van der Waals surface area contributed by atoms with Crippen molar-refractivity contribution in [3.63, 3.8) is 0 Å². The van der Waals surface area contributed by atoms with E-state index >= 15 is 0 Å². The molecule has 0 heterocycles. The van der Waals surface area contributed by atoms with Gasteiger partial charge in [0, 0.05) is 5.69 Å². The van der Waals surface area contributed by atoms with E-state index in [2.05, 4.69) is 11.9 Å². The Morgan fingerprint density at radius 3 is 2.62 bits per heavy atom. The maximum Gasteiger partial charge on any atom is 0.257 e. The molecule has 0 spiro atoms. The first-order valence-corrected chi connectivity index (χ1v) is 6.89. The molecule has 0 radical (unpaired) electrons. The summed E-state index contributed by atoms with van der Waals surface area (Å²) in [6.07, 6.45) is 1.68. The van der Waals surface area contributed by atoms with Gasteiger partial charge in [0.2, 0.25) is 0 Å². The Morgan fingerprint density at radius 2 is 2.00 bits per heavy atom. The number of hydrogen-bond donors (Lipinski definition) is 1. The molecule has 0 atom stereocenters. The van der Waals surface area contributed by atoms with Crippen molar-refractivity contribution in [2.75, 3.05) is 11.9 Å². The second-order valence-electron chi connectivity index (χ2n) is 4.56. The Hall–Kier alpha value is -2.26. The number of nitrogens with one attached hydrogen (secondary N) is 1. The minimum atomic E-state index is -0.236. The summed E-state index contributed by atoms with van der Waals surface area (Å²) in [5.41, 5.74) is 2.15. The molecule has 108 valence electrons. The number of rotatable bonds is 5. The van der Waals surface area contributed by atoms with Crippen molar-refractivity contribution in [3.8, 4) is 5.75 Å². The highest BCUT2D eigenvalue weighted by atomic mass is 35.5. The molecule has 2 aromatic rings. The fraction of sp³-hybridized carbons (Fsp3) is 0.118. The zero-order valence-corrected chi connectivity index (χ0v) is 12.5. The summed E-state index contributed by atoms with van der Waals surface area (Å²) in [6.45, 7) is 5.96. The Morgan fingerprint density at radius 1 is 1.29 bits per heavy atom. The minimum absolute atomic E-state index is 0.236. The second-order valence-corrected chi connectivity index (χ2v) is 4.97. The van der Waals surface area contributed by atoms with Gasteiger partial charge in [0.15, 0.2) is 0 Å². The molecule has 0 unspecified atom stereocenters. The van der Waals surface area contributed by atoms with Crippen LogP contribution in [0.1, 0.15) is 15.9 Å². The molecular weight excluding hydrogens is 286 g/mol. The van der Waals surface area contributed by atoms with Gasteiger partial charge in [-0.3, -0.25) is 4.79 Å². The van der Waals surface area contributed by atoms with Crippen molar-refractivity contribution in [1.82, 2.24) is 0 Å². The summed E-state index contributed by atoms with van der Waals surface area (Å²) in [6, 6.07) is 12.5. The van der Waals surface area contributed by atoms with Gasteiger partial charge in [-0.1, -0.05) is 30.3 Å². The average Bonchev–Trinajstić information content (AvgIpc) is 2.46. The fourth-order valence-electron chi connectivity index (χ4n) is 1.79. The summed E-state index contributed by atoms with van der Waals surface area (Å²) in [7, 11) is 0. The maximum atomic E-state index is 12.2. The molecular formula is C17H16ClNO2. The highest BCUT2D eigenvalue weighted by Crippen LogP contribution is 2.20. The van der Waals surface area contributed by atoms with E-state index in [9.17, 15) is 4.79 Å². The molecule has 1 N–H and O–H groups in total. The van der Waals surface area contributed by atoms with Crippen LogP contribution in [0.25, 0.3) is 0 Å². The third-order valence-corrected chi connectivity index (χ3v) is 3.16. The SMILES string of the molecule is C=CCOc1ccc(NC(=O)c2ccc(C)cc2Cl)cc1. The molecule has 0 saturated heterocycles. The van der Waals surface area contributed by atoms with Crippen LogP contribution in [0.5, 0.6) is 5.75 Å². The number of halogens is 1. The summed E-state index contributed by atoms with van der Waals surface area (Å²) >= 11 is 6.08. The third-order valence-electron chi connectivity index (χ3n) is 2.85. The number of anilines is 1. The number of ether oxygens (including phenoxy) is 1. The molecule has 0 aliphatic rings. The van der Waals surface area contributed by atoms with Gasteiger partial charge in [0.1, 0.15) is 12.4 Å². The van der Waals surface area contributed by atoms with Crippen LogP contribution in [0.3, 0.4) is 0 Å². The Kier molecular flexibility index (Phi) is 5.01. The second kappa shape index (κ2) is 6.95. The van der Waals surface area contributed by atoms with Crippen molar-refractivity contribution in [1.29, 1.82) is 0 Å². The monoisotopic (exact) mass is 301 g/mol. The van der Waals surface area contributed by atoms with Crippen LogP contribution >= 0.6 is 11.6 Å². The van der Waals surface area contributed by atoms with Gasteiger partial charge in [0.05, 0.1) is 10.6 Å². The van der Waals surface area contributed by atoms with Gasteiger partial charge < -0.3 is 10.1 Å². The quantitative estimate of drug-likeness (QED) is 0.828. The topological polar surface area (TPSA) is 38.3 Å². The van der Waals surface area contributed by atoms with Crippen LogP contribution in [-0.2, 0) is 0 Å². The predicted octanol–water partition coefficient (Wildman–Crippen LogP) is 4.47. The lowest BCUT2D eigenvalue weighted by atomic mass is 10.1. The van der Waals surface area contributed by atoms with Crippen LogP contribution in [0, 0.1) is 6.92 Å². The van der Waals surface area contributed by atoms with Crippen LogP contribution in [-0.4, -0.2) is 12.5 Å². The van der Waals surface area contributed by atoms with Crippen LogP contribution in [0.2, 0.25) is 5.02 Å². The average molecular weight is 302 g/mol. The molecule has 21 heavy (non-hydrogen) atoms. The largest absolute Gasteiger partial charge is 0.490 e. The van der Waals surface area contributed by atoms with Gasteiger partial charge in [-0.15, -0.1) is 0 Å². The summed E-state index contributed by atoms with van der Waals surface area (Å²) in [5, 5.41) is 3.25. The molecule has 0 aromatic heterocycles. The van der Waals surface area contributed by atoms with Crippen molar-refractivity contribution < 1.29 is 9.53 Å². The number of benzene rings is 2. The minimum Gasteiger partial charge on any atom is -0.490 e. The van der Waals surface area contributed by atoms with Gasteiger partial charge in [-0.05, 0) is 48.9 Å². The Bertz CT molecular complexity index is 650. The van der Waals surface area contributed by atoms with E-state index in [1.807, 2.05) is 13.0 Å². The number of carbonyl (C=O) groups excluding carboxylic acids is 1. The number of hydrogen-bond acceptors (Lipinski definition) is 2. The summed E-state index contributed by atoms with van der Waals surface area (Å²) in [4.78, 5) is 12.2. The first-order chi connectivity index (χ1) is 10.1. The standard InChI is InChI=1S/C17H16ClNO2/c1-3-10-21-14-7-5-13(6-8-14)19-17(20)15-9-4-12(2)11-16(15)18/h3-9,11H,1,10H2,2H3,(H,19,20). The smallest absolute Gasteiger partial charge is 0.257 e. The summed E-state index contributed by atoms with van der Waals surface area (Å²) in [5.74, 6) is 0.487. The molecule has 0 bridgehead atoms. The Labute approximate surface area is 129 Å². The molecule has 2 rings (SSSR count). The molecule has 4 heteroatoms. The van der Waals surface area contributed by atoms with E-state index in [4.69, 9.17) is 16.3 Å². The van der Waals surface area contributed by atoms with Crippen LogP contribution < -0.4 is 10.1 Å². The first kappa shape index (κ1) is 15.1. The van der Waals surface area contributed by atoms with Gasteiger partial charge in [-0.2, -0.15) is 0 Å². The van der Waals surface area contributed by atoms with Crippen molar-refractivity contribution in [2.24, 2.45) is 0 Å². The van der Waals surface area contributed by atoms with E-state index in [0.717, 1.165) is 11.3 Å². The highest BCUT2D eigenvalue weighted by Gasteiger charge is 2.10. The number of aryl methyl sites for hydroxylation is 1. The lowest BCUT2D eigenvalue weighted by Gasteiger charge is -2.08. The van der Waals surface area contributed by atoms with E-state index in [-0.39, 0.29) is 5.91 Å². The lowest BCUT2D eigenvalue weighted by molar-refractivity contribution is 0.102. The molecule has 0 aliphatic heterocycles. The number of amides is 1. The molecule has 1 amide bonds. The fourth-order valence-corrected chi connectivity index (χ4v) is 2.11.